The smallest absolute Gasteiger partial charge is 0.295 e. The Balaban J connectivity index is 1.62. The summed E-state index contributed by atoms with van der Waals surface area (Å²) in [7, 11) is 3.94. The zero-order chi connectivity index (χ0) is 23.3. The first kappa shape index (κ1) is 21.6. The van der Waals surface area contributed by atoms with Crippen LogP contribution in [0.5, 0.6) is 5.75 Å². The number of ether oxygens (including phenoxy) is 1. The molecular weight excluding hydrogens is 416 g/mol. The summed E-state index contributed by atoms with van der Waals surface area (Å²) < 4.78 is 5.78. The summed E-state index contributed by atoms with van der Waals surface area (Å²) in [5.41, 5.74) is 3.60. The largest absolute Gasteiger partial charge is 0.507 e. The van der Waals surface area contributed by atoms with Crippen LogP contribution in [0.25, 0.3) is 5.76 Å². The first-order valence-corrected chi connectivity index (χ1v) is 11.7. The van der Waals surface area contributed by atoms with Gasteiger partial charge in [0.05, 0.1) is 11.6 Å². The Hall–Kier alpha value is -3.28. The predicted molar refractivity (Wildman–Crippen MR) is 127 cm³/mol. The van der Waals surface area contributed by atoms with E-state index in [1.165, 1.54) is 0 Å². The molecule has 2 atom stereocenters. The Kier molecular flexibility index (Phi) is 5.39. The molecule has 5 rings (SSSR count). The minimum absolute atomic E-state index is 0.0135. The molecule has 6 heteroatoms. The van der Waals surface area contributed by atoms with E-state index in [4.69, 9.17) is 4.74 Å². The second-order valence-electron chi connectivity index (χ2n) is 9.59. The van der Waals surface area contributed by atoms with Gasteiger partial charge in [-0.25, -0.2) is 0 Å². The summed E-state index contributed by atoms with van der Waals surface area (Å²) in [6.07, 6.45) is 4.69. The van der Waals surface area contributed by atoms with Crippen molar-refractivity contribution >= 4 is 23.1 Å². The molecule has 2 fully saturated rings. The molecule has 2 aliphatic heterocycles. The van der Waals surface area contributed by atoms with Gasteiger partial charge in [0.2, 0.25) is 0 Å². The number of benzene rings is 2. The van der Waals surface area contributed by atoms with Crippen molar-refractivity contribution in [1.82, 2.24) is 4.90 Å². The molecule has 0 bridgehead atoms. The predicted octanol–water partition coefficient (Wildman–Crippen LogP) is 4.44. The maximum Gasteiger partial charge on any atom is 0.295 e. The lowest BCUT2D eigenvalue weighted by atomic mass is 9.93. The van der Waals surface area contributed by atoms with Gasteiger partial charge in [-0.2, -0.15) is 0 Å². The van der Waals surface area contributed by atoms with Gasteiger partial charge in [-0.05, 0) is 61.2 Å². The minimum atomic E-state index is -0.605. The van der Waals surface area contributed by atoms with Crippen LogP contribution >= 0.6 is 0 Å². The summed E-state index contributed by atoms with van der Waals surface area (Å²) in [5.74, 6) is -0.423. The lowest BCUT2D eigenvalue weighted by Gasteiger charge is -2.31. The van der Waals surface area contributed by atoms with Crippen LogP contribution in [0, 0.1) is 0 Å². The number of rotatable bonds is 4. The van der Waals surface area contributed by atoms with E-state index in [9.17, 15) is 14.7 Å². The number of hydrogen-bond donors (Lipinski definition) is 1. The Morgan fingerprint density at radius 1 is 1.06 bits per heavy atom. The Morgan fingerprint density at radius 2 is 1.76 bits per heavy atom. The third kappa shape index (κ3) is 3.67. The molecule has 0 aromatic heterocycles. The van der Waals surface area contributed by atoms with Gasteiger partial charge in [0.25, 0.3) is 11.7 Å². The van der Waals surface area contributed by atoms with Gasteiger partial charge in [-0.15, -0.1) is 0 Å². The van der Waals surface area contributed by atoms with Crippen LogP contribution in [0.15, 0.2) is 48.0 Å². The highest BCUT2D eigenvalue weighted by atomic mass is 16.5. The number of hydrogen-bond acceptors (Lipinski definition) is 5. The Morgan fingerprint density at radius 3 is 2.42 bits per heavy atom. The van der Waals surface area contributed by atoms with Gasteiger partial charge in [0.15, 0.2) is 0 Å². The molecule has 6 nitrogen and oxygen atoms in total. The lowest BCUT2D eigenvalue weighted by Crippen LogP contribution is -2.37. The van der Waals surface area contributed by atoms with E-state index in [-0.39, 0.29) is 23.5 Å². The molecule has 2 aromatic rings. The number of anilines is 1. The van der Waals surface area contributed by atoms with Crippen molar-refractivity contribution in [1.29, 1.82) is 0 Å². The molecule has 2 unspecified atom stereocenters. The zero-order valence-electron chi connectivity index (χ0n) is 19.4. The monoisotopic (exact) mass is 446 g/mol. The van der Waals surface area contributed by atoms with Gasteiger partial charge in [0.1, 0.15) is 17.6 Å². The molecule has 33 heavy (non-hydrogen) atoms. The average molecular weight is 447 g/mol. The van der Waals surface area contributed by atoms with Crippen molar-refractivity contribution in [3.8, 4) is 5.75 Å². The second-order valence-corrected chi connectivity index (χ2v) is 9.59. The fourth-order valence-corrected chi connectivity index (χ4v) is 5.42. The van der Waals surface area contributed by atoms with Crippen molar-refractivity contribution in [3.63, 3.8) is 0 Å². The number of Topliss-reactive ketones (excluding diaryl/α,β-unsaturated/α-hetero) is 1. The number of nitrogens with zero attached hydrogens (tertiary/aromatic N) is 2. The van der Waals surface area contributed by atoms with E-state index in [0.29, 0.717) is 5.56 Å². The van der Waals surface area contributed by atoms with Gasteiger partial charge in [-0.3, -0.25) is 9.59 Å². The van der Waals surface area contributed by atoms with Gasteiger partial charge < -0.3 is 19.6 Å². The van der Waals surface area contributed by atoms with Gasteiger partial charge in [0, 0.05) is 37.8 Å². The van der Waals surface area contributed by atoms with Crippen molar-refractivity contribution < 1.29 is 19.4 Å². The first-order valence-electron chi connectivity index (χ1n) is 11.7. The molecule has 0 radical (unpaired) electrons. The summed E-state index contributed by atoms with van der Waals surface area (Å²) in [6.45, 7) is 2.00. The quantitative estimate of drug-likeness (QED) is 0.427. The van der Waals surface area contributed by atoms with Crippen LogP contribution in [-0.4, -0.2) is 47.9 Å². The number of carbonyl (C=O) groups excluding carboxylic acids is 2. The van der Waals surface area contributed by atoms with Crippen LogP contribution in [0.2, 0.25) is 0 Å². The standard InChI is InChI=1S/C27H30N2O4/c1-16-14-19-15-18(10-13-22(19)33-16)25(30)23-24(17-8-11-20(12-9-17)28(2)3)29(27(32)26(23)31)21-6-4-5-7-21/h8-13,15-16,21,24,30H,4-7,14H2,1-3H3/b25-23-. The van der Waals surface area contributed by atoms with Crippen molar-refractivity contribution in [3.05, 3.63) is 64.7 Å². The molecule has 172 valence electrons. The van der Waals surface area contributed by atoms with Crippen LogP contribution in [0.1, 0.15) is 55.3 Å². The molecule has 2 aromatic carbocycles. The number of ketones is 1. The maximum absolute atomic E-state index is 13.3. The lowest BCUT2D eigenvalue weighted by molar-refractivity contribution is -0.141. The van der Waals surface area contributed by atoms with Crippen LogP contribution in [-0.2, 0) is 16.0 Å². The number of aliphatic hydroxyl groups excluding tert-OH is 1. The minimum Gasteiger partial charge on any atom is -0.507 e. The Labute approximate surface area is 194 Å². The van der Waals surface area contributed by atoms with Crippen molar-refractivity contribution in [2.24, 2.45) is 0 Å². The number of likely N-dealkylation sites (tertiary alicyclic amines) is 1. The van der Waals surface area contributed by atoms with Crippen molar-refractivity contribution in [2.45, 2.75) is 57.2 Å². The van der Waals surface area contributed by atoms with E-state index in [2.05, 4.69) is 0 Å². The molecule has 1 aliphatic carbocycles. The summed E-state index contributed by atoms with van der Waals surface area (Å²) in [6, 6.07) is 12.8. The molecule has 1 amide bonds. The first-order chi connectivity index (χ1) is 15.8. The fourth-order valence-electron chi connectivity index (χ4n) is 5.42. The van der Waals surface area contributed by atoms with Gasteiger partial charge in [-0.1, -0.05) is 25.0 Å². The van der Waals surface area contributed by atoms with E-state index in [1.807, 2.05) is 62.3 Å². The molecule has 1 saturated carbocycles. The van der Waals surface area contributed by atoms with Crippen LogP contribution in [0.3, 0.4) is 0 Å². The number of fused-ring (bicyclic) bond motifs is 1. The van der Waals surface area contributed by atoms with Crippen molar-refractivity contribution in [2.75, 3.05) is 19.0 Å². The van der Waals surface area contributed by atoms with E-state index in [1.54, 1.807) is 11.0 Å². The highest BCUT2D eigenvalue weighted by molar-refractivity contribution is 6.46. The average Bonchev–Trinajstić information content (AvgIpc) is 3.51. The summed E-state index contributed by atoms with van der Waals surface area (Å²) >= 11 is 0. The highest BCUT2D eigenvalue weighted by Crippen LogP contribution is 2.44. The molecule has 2 heterocycles. The molecule has 1 saturated heterocycles. The molecule has 0 spiro atoms. The topological polar surface area (TPSA) is 70.1 Å². The third-order valence-electron chi connectivity index (χ3n) is 7.09. The third-order valence-corrected chi connectivity index (χ3v) is 7.09. The van der Waals surface area contributed by atoms with E-state index >= 15 is 0 Å². The number of aliphatic hydroxyl groups is 1. The van der Waals surface area contributed by atoms with E-state index < -0.39 is 17.7 Å². The van der Waals surface area contributed by atoms with Crippen LogP contribution < -0.4 is 9.64 Å². The fraction of sp³-hybridized carbons (Fsp3) is 0.407. The normalized spacial score (nSPS) is 24.3. The Bertz CT molecular complexity index is 1130. The summed E-state index contributed by atoms with van der Waals surface area (Å²) in [5, 5.41) is 11.4. The highest BCUT2D eigenvalue weighted by Gasteiger charge is 2.49. The SMILES string of the molecule is CC1Cc2cc(/C(O)=C3/C(=O)C(=O)N(C4CCCC4)C3c3ccc(N(C)C)cc3)ccc2O1. The molecular formula is C27H30N2O4. The second kappa shape index (κ2) is 8.25. The van der Waals surface area contributed by atoms with Crippen LogP contribution in [0.4, 0.5) is 5.69 Å². The zero-order valence-corrected chi connectivity index (χ0v) is 19.4. The number of carbonyl (C=O) groups is 2. The molecule has 1 N–H and O–H groups in total. The van der Waals surface area contributed by atoms with E-state index in [0.717, 1.165) is 54.7 Å². The maximum atomic E-state index is 13.3. The summed E-state index contributed by atoms with van der Waals surface area (Å²) in [4.78, 5) is 30.3. The van der Waals surface area contributed by atoms with Gasteiger partial charge >= 0.3 is 0 Å². The molecule has 3 aliphatic rings. The number of amides is 1.